The summed E-state index contributed by atoms with van der Waals surface area (Å²) >= 11 is 0. The van der Waals surface area contributed by atoms with Crippen LogP contribution in [-0.4, -0.2) is 72.2 Å². The van der Waals surface area contributed by atoms with E-state index in [2.05, 4.69) is 23.2 Å². The maximum atomic E-state index is 16.2. The molecule has 1 aliphatic carbocycles. The Morgan fingerprint density at radius 1 is 0.921 bits per heavy atom. The first-order valence-corrected chi connectivity index (χ1v) is 21.3. The van der Waals surface area contributed by atoms with Gasteiger partial charge in [-0.1, -0.05) is 111 Å². The first-order valence-electron chi connectivity index (χ1n) is 21.3. The molecule has 0 aromatic heterocycles. The molecule has 63 heavy (non-hydrogen) atoms. The summed E-state index contributed by atoms with van der Waals surface area (Å²) in [6.07, 6.45) is 4.99. The molecule has 2 saturated heterocycles. The Morgan fingerprint density at radius 3 is 2.27 bits per heavy atom. The molecule has 0 saturated carbocycles. The van der Waals surface area contributed by atoms with Crippen molar-refractivity contribution in [3.63, 3.8) is 0 Å². The number of nitrogens with zero attached hydrogens (tertiary/aromatic N) is 2. The number of rotatable bonds is 10. The number of cyclic esters (lactones) is 1. The lowest BCUT2D eigenvalue weighted by atomic mass is 9.65. The minimum Gasteiger partial charge on any atom is -0.491 e. The van der Waals surface area contributed by atoms with Crippen molar-refractivity contribution in [1.29, 1.82) is 0 Å². The van der Waals surface area contributed by atoms with Gasteiger partial charge in [0.25, 0.3) is 0 Å². The predicted octanol–water partition coefficient (Wildman–Crippen LogP) is 5.97. The van der Waals surface area contributed by atoms with E-state index in [-0.39, 0.29) is 30.2 Å². The summed E-state index contributed by atoms with van der Waals surface area (Å²) in [6.45, 7) is 3.01. The summed E-state index contributed by atoms with van der Waals surface area (Å²) in [6, 6.07) is 24.8. The fraction of sp³-hybridized carbons (Fsp3) is 0.340. The number of nitrogens with one attached hydrogen (secondary N) is 1. The highest BCUT2D eigenvalue weighted by Crippen LogP contribution is 2.66. The lowest BCUT2D eigenvalue weighted by Crippen LogP contribution is -2.57. The van der Waals surface area contributed by atoms with E-state index in [0.29, 0.717) is 22.3 Å². The lowest BCUT2D eigenvalue weighted by Gasteiger charge is -2.46. The molecule has 8 rings (SSSR count). The van der Waals surface area contributed by atoms with Crippen molar-refractivity contribution in [3.8, 4) is 17.6 Å². The Bertz CT molecular complexity index is 2510. The van der Waals surface area contributed by atoms with Crippen LogP contribution in [0.25, 0.3) is 0 Å². The smallest absolute Gasteiger partial charge is 0.329 e. The predicted molar refractivity (Wildman–Crippen MR) is 233 cm³/mol. The molecule has 7 unspecified atom stereocenters. The number of nitrogens with two attached hydrogens (primary N) is 1. The van der Waals surface area contributed by atoms with Gasteiger partial charge in [0.2, 0.25) is 11.8 Å². The highest BCUT2D eigenvalue weighted by Gasteiger charge is 2.75. The number of benzene rings is 4. The zero-order chi connectivity index (χ0) is 44.4. The second kappa shape index (κ2) is 17.9. The van der Waals surface area contributed by atoms with Crippen molar-refractivity contribution in [2.24, 2.45) is 17.6 Å². The number of fused-ring (bicyclic) bond motifs is 3. The quantitative estimate of drug-likeness (QED) is 0.127. The van der Waals surface area contributed by atoms with Crippen LogP contribution < -0.4 is 20.7 Å². The summed E-state index contributed by atoms with van der Waals surface area (Å²) < 4.78 is 17.7. The number of anilines is 1. The van der Waals surface area contributed by atoms with Gasteiger partial charge in [-0.3, -0.25) is 19.3 Å². The number of imide groups is 1. The van der Waals surface area contributed by atoms with E-state index in [1.54, 1.807) is 56.3 Å². The van der Waals surface area contributed by atoms with Crippen molar-refractivity contribution in [2.45, 2.75) is 75.2 Å². The van der Waals surface area contributed by atoms with Gasteiger partial charge in [-0.25, -0.2) is 14.5 Å². The number of primary amides is 1. The van der Waals surface area contributed by atoms with Crippen molar-refractivity contribution >= 4 is 35.5 Å². The van der Waals surface area contributed by atoms with Crippen LogP contribution in [0.3, 0.4) is 0 Å². The van der Waals surface area contributed by atoms with E-state index >= 15 is 9.59 Å². The zero-order valence-electron chi connectivity index (χ0n) is 35.4. The monoisotopic (exact) mass is 850 g/mol. The van der Waals surface area contributed by atoms with E-state index in [9.17, 15) is 19.5 Å². The molecule has 4 amide bonds. The lowest BCUT2D eigenvalue weighted by molar-refractivity contribution is -0.178. The first-order chi connectivity index (χ1) is 30.5. The number of carbonyl (C=O) groups is 5. The number of esters is 2. The van der Waals surface area contributed by atoms with Gasteiger partial charge >= 0.3 is 18.0 Å². The van der Waals surface area contributed by atoms with Crippen LogP contribution in [0.2, 0.25) is 0 Å². The number of hydrogen-bond donors (Lipinski definition) is 3. The van der Waals surface area contributed by atoms with Gasteiger partial charge in [-0.2, -0.15) is 0 Å². The molecule has 2 fully saturated rings. The van der Waals surface area contributed by atoms with Gasteiger partial charge in [0.05, 0.1) is 37.4 Å². The number of morpholine rings is 1. The van der Waals surface area contributed by atoms with Gasteiger partial charge in [-0.05, 0) is 78.1 Å². The summed E-state index contributed by atoms with van der Waals surface area (Å²) in [5, 5.41) is 12.7. The standard InChI is InChI=1S/C50H50N4O9/c1-30(2)40(46(57)61-3)52-49(60)53-37-26-25-32(24-23-31-15-7-4-8-16-31)29-36(37)50(48(53)59)39(45(51)56)42-47(58)63-43(34-19-11-6-12-20-34)41(33-17-9-5-10-18-33)54(42)44(50)35-21-13-14-22-38(35)62-28-27-55/h5-6,9-15,17-22,25-26,29-30,39-44,55H,4,7-8,16,27-28H2,1-3H3,(H2,51,56)(H,52,60). The number of hydrogen-bond acceptors (Lipinski definition) is 10. The molecule has 324 valence electrons. The summed E-state index contributed by atoms with van der Waals surface area (Å²) in [7, 11) is 1.21. The fourth-order valence-electron chi connectivity index (χ4n) is 9.91. The van der Waals surface area contributed by atoms with Crippen LogP contribution in [0.1, 0.15) is 85.5 Å². The Hall–Kier alpha value is -6.75. The second-order valence-electron chi connectivity index (χ2n) is 16.6. The van der Waals surface area contributed by atoms with Crippen LogP contribution in [-0.2, 0) is 34.1 Å². The van der Waals surface area contributed by atoms with Crippen LogP contribution in [0, 0.1) is 23.7 Å². The van der Waals surface area contributed by atoms with Crippen molar-refractivity contribution < 1.29 is 43.3 Å². The second-order valence-corrected chi connectivity index (χ2v) is 16.6. The number of para-hydroxylation sites is 1. The maximum absolute atomic E-state index is 16.2. The fourth-order valence-corrected chi connectivity index (χ4v) is 9.91. The Morgan fingerprint density at radius 2 is 1.62 bits per heavy atom. The summed E-state index contributed by atoms with van der Waals surface area (Å²) in [4.78, 5) is 76.5. The summed E-state index contributed by atoms with van der Waals surface area (Å²) in [5.74, 6) is 1.38. The van der Waals surface area contributed by atoms with Crippen LogP contribution in [0.5, 0.6) is 5.75 Å². The average molecular weight is 851 g/mol. The molecule has 0 bridgehead atoms. The molecule has 4 N–H and O–H groups in total. The number of aliphatic hydroxyl groups is 1. The Kier molecular flexibility index (Phi) is 12.2. The number of methoxy groups -OCH3 is 1. The Labute approximate surface area is 366 Å². The molecule has 1 spiro atoms. The number of aliphatic hydroxyl groups excluding tert-OH is 1. The SMILES string of the molecule is COC(=O)C(NC(=O)N1C(=O)C2(c3cc(C#CC4=CCCCC4)ccc31)C(C(N)=O)C1C(=O)OC(c3ccccc3)C(c3ccccc3)N1C2c1ccccc1OCCO)C(C)C. The van der Waals surface area contributed by atoms with E-state index < -0.39 is 77.3 Å². The van der Waals surface area contributed by atoms with Crippen molar-refractivity contribution in [2.75, 3.05) is 25.2 Å². The van der Waals surface area contributed by atoms with E-state index in [4.69, 9.17) is 19.9 Å². The zero-order valence-corrected chi connectivity index (χ0v) is 35.4. The number of allylic oxidation sites excluding steroid dienone is 2. The minimum absolute atomic E-state index is 0.112. The van der Waals surface area contributed by atoms with Crippen molar-refractivity contribution in [3.05, 3.63) is 143 Å². The molecule has 3 aliphatic heterocycles. The third kappa shape index (κ3) is 7.53. The molecule has 13 heteroatoms. The highest BCUT2D eigenvalue weighted by atomic mass is 16.6. The van der Waals surface area contributed by atoms with Crippen LogP contribution in [0.15, 0.2) is 115 Å². The number of urea groups is 1. The van der Waals surface area contributed by atoms with Crippen LogP contribution in [0.4, 0.5) is 10.5 Å². The minimum atomic E-state index is -2.13. The van der Waals surface area contributed by atoms with Gasteiger partial charge in [-0.15, -0.1) is 0 Å². The van der Waals surface area contributed by atoms with Gasteiger partial charge in [0.1, 0.15) is 36.0 Å². The average Bonchev–Trinajstić information content (AvgIpc) is 3.76. The topological polar surface area (TPSA) is 178 Å². The third-order valence-corrected chi connectivity index (χ3v) is 12.6. The number of ether oxygens (including phenoxy) is 3. The molecule has 4 aromatic rings. The van der Waals surface area contributed by atoms with E-state index in [0.717, 1.165) is 36.2 Å². The Balaban J connectivity index is 1.45. The molecule has 13 nitrogen and oxygen atoms in total. The highest BCUT2D eigenvalue weighted by molar-refractivity contribution is 6.25. The number of carbonyl (C=O) groups excluding carboxylic acids is 5. The molecule has 4 aliphatic rings. The third-order valence-electron chi connectivity index (χ3n) is 12.6. The first kappa shape index (κ1) is 42.9. The number of amides is 4. The van der Waals surface area contributed by atoms with E-state index in [1.807, 2.05) is 65.6 Å². The van der Waals surface area contributed by atoms with E-state index in [1.165, 1.54) is 7.11 Å². The molecule has 3 heterocycles. The van der Waals surface area contributed by atoms with Gasteiger partial charge in [0.15, 0.2) is 0 Å². The molecular weight excluding hydrogens is 801 g/mol. The normalized spacial score (nSPS) is 24.4. The molecule has 0 radical (unpaired) electrons. The maximum Gasteiger partial charge on any atom is 0.329 e. The van der Waals surface area contributed by atoms with Gasteiger partial charge < -0.3 is 30.4 Å². The molecule has 4 aromatic carbocycles. The molecular formula is C50H50N4O9. The van der Waals surface area contributed by atoms with Crippen molar-refractivity contribution in [1.82, 2.24) is 10.2 Å². The van der Waals surface area contributed by atoms with Crippen LogP contribution >= 0.6 is 0 Å². The van der Waals surface area contributed by atoms with Gasteiger partial charge in [0, 0.05) is 11.1 Å². The molecule has 7 atom stereocenters. The largest absolute Gasteiger partial charge is 0.491 e. The summed E-state index contributed by atoms with van der Waals surface area (Å²) in [5.41, 5.74) is 7.97.